The third-order valence-electron chi connectivity index (χ3n) is 2.49. The van der Waals surface area contributed by atoms with Crippen molar-refractivity contribution in [3.8, 4) is 5.75 Å². The summed E-state index contributed by atoms with van der Waals surface area (Å²) < 4.78 is 48.4. The van der Waals surface area contributed by atoms with Gasteiger partial charge in [0.1, 0.15) is 18.1 Å². The van der Waals surface area contributed by atoms with E-state index in [9.17, 15) is 18.0 Å². The van der Waals surface area contributed by atoms with Crippen LogP contribution in [0.25, 0.3) is 0 Å². The highest BCUT2D eigenvalue weighted by atomic mass is 19.4. The van der Waals surface area contributed by atoms with Crippen molar-refractivity contribution in [2.45, 2.75) is 12.8 Å². The van der Waals surface area contributed by atoms with Gasteiger partial charge in [-0.15, -0.1) is 0 Å². The van der Waals surface area contributed by atoms with Crippen molar-refractivity contribution in [3.63, 3.8) is 0 Å². The Morgan fingerprint density at radius 2 is 2.05 bits per heavy atom. The van der Waals surface area contributed by atoms with Gasteiger partial charge in [0.15, 0.2) is 0 Å². The predicted molar refractivity (Wildman–Crippen MR) is 61.4 cm³/mol. The molecule has 0 aliphatic rings. The van der Waals surface area contributed by atoms with Crippen LogP contribution in [-0.4, -0.2) is 11.1 Å². The lowest BCUT2D eigenvalue weighted by atomic mass is 10.1. The molecule has 2 rings (SSSR count). The summed E-state index contributed by atoms with van der Waals surface area (Å²) >= 11 is 0. The molecule has 0 aliphatic heterocycles. The van der Waals surface area contributed by atoms with E-state index in [1.54, 1.807) is 12.1 Å². The SMILES string of the molecule is O=C(O)c1ccc(OCc2ccco2)cc1C(F)(F)F. The Morgan fingerprint density at radius 3 is 2.60 bits per heavy atom. The van der Waals surface area contributed by atoms with Gasteiger partial charge in [0.2, 0.25) is 0 Å². The van der Waals surface area contributed by atoms with Crippen molar-refractivity contribution in [2.75, 3.05) is 0 Å². The molecular formula is C13H9F3O4. The highest BCUT2D eigenvalue weighted by Gasteiger charge is 2.35. The van der Waals surface area contributed by atoms with E-state index in [-0.39, 0.29) is 12.4 Å². The van der Waals surface area contributed by atoms with Crippen molar-refractivity contribution in [1.29, 1.82) is 0 Å². The number of furan rings is 1. The number of hydrogen-bond donors (Lipinski definition) is 1. The summed E-state index contributed by atoms with van der Waals surface area (Å²) in [5, 5.41) is 8.74. The van der Waals surface area contributed by atoms with Crippen LogP contribution in [0.2, 0.25) is 0 Å². The molecule has 106 valence electrons. The highest BCUT2D eigenvalue weighted by molar-refractivity contribution is 5.89. The van der Waals surface area contributed by atoms with Gasteiger partial charge in [-0.3, -0.25) is 0 Å². The fourth-order valence-corrected chi connectivity index (χ4v) is 1.58. The topological polar surface area (TPSA) is 59.7 Å². The van der Waals surface area contributed by atoms with Gasteiger partial charge in [-0.05, 0) is 30.3 Å². The number of halogens is 3. The molecule has 20 heavy (non-hydrogen) atoms. The summed E-state index contributed by atoms with van der Waals surface area (Å²) in [6.45, 7) is -0.0449. The molecule has 7 heteroatoms. The van der Waals surface area contributed by atoms with E-state index in [1.807, 2.05) is 0 Å². The number of carboxylic acids is 1. The molecule has 2 aromatic rings. The van der Waals surface area contributed by atoms with Gasteiger partial charge in [-0.25, -0.2) is 4.79 Å². The van der Waals surface area contributed by atoms with Gasteiger partial charge in [-0.1, -0.05) is 0 Å². The van der Waals surface area contributed by atoms with Crippen LogP contribution < -0.4 is 4.74 Å². The third kappa shape index (κ3) is 3.11. The fourth-order valence-electron chi connectivity index (χ4n) is 1.58. The van der Waals surface area contributed by atoms with Gasteiger partial charge in [0.05, 0.1) is 17.4 Å². The van der Waals surface area contributed by atoms with Crippen LogP contribution >= 0.6 is 0 Å². The van der Waals surface area contributed by atoms with Gasteiger partial charge >= 0.3 is 12.1 Å². The summed E-state index contributed by atoms with van der Waals surface area (Å²) in [6.07, 6.45) is -3.36. The Morgan fingerprint density at radius 1 is 1.30 bits per heavy atom. The average molecular weight is 286 g/mol. The molecule has 0 spiro atoms. The number of hydrogen-bond acceptors (Lipinski definition) is 3. The van der Waals surface area contributed by atoms with Crippen molar-refractivity contribution < 1.29 is 32.2 Å². The molecule has 1 N–H and O–H groups in total. The Hall–Kier alpha value is -2.44. The minimum atomic E-state index is -4.77. The number of aromatic carboxylic acids is 1. The molecule has 0 atom stereocenters. The molecule has 0 unspecified atom stereocenters. The summed E-state index contributed by atoms with van der Waals surface area (Å²) in [5.74, 6) is -1.28. The lowest BCUT2D eigenvalue weighted by molar-refractivity contribution is -0.138. The number of benzene rings is 1. The van der Waals surface area contributed by atoms with Gasteiger partial charge < -0.3 is 14.3 Å². The minimum Gasteiger partial charge on any atom is -0.486 e. The summed E-state index contributed by atoms with van der Waals surface area (Å²) in [7, 11) is 0. The molecule has 1 aromatic carbocycles. The molecule has 1 aromatic heterocycles. The lowest BCUT2D eigenvalue weighted by Gasteiger charge is -2.12. The van der Waals surface area contributed by atoms with E-state index in [0.717, 1.165) is 6.07 Å². The van der Waals surface area contributed by atoms with Crippen LogP contribution in [0, 0.1) is 0 Å². The number of carbonyl (C=O) groups is 1. The monoisotopic (exact) mass is 286 g/mol. The van der Waals surface area contributed by atoms with Crippen LogP contribution in [0.4, 0.5) is 13.2 Å². The maximum atomic E-state index is 12.8. The zero-order chi connectivity index (χ0) is 14.8. The van der Waals surface area contributed by atoms with Crippen molar-refractivity contribution in [2.24, 2.45) is 0 Å². The second kappa shape index (κ2) is 5.28. The van der Waals surface area contributed by atoms with Crippen LogP contribution in [0.1, 0.15) is 21.7 Å². The van der Waals surface area contributed by atoms with E-state index < -0.39 is 23.3 Å². The second-order valence-electron chi connectivity index (χ2n) is 3.88. The lowest BCUT2D eigenvalue weighted by Crippen LogP contribution is -2.13. The summed E-state index contributed by atoms with van der Waals surface area (Å²) in [5.41, 5.74) is -2.07. The first-order chi connectivity index (χ1) is 9.38. The maximum absolute atomic E-state index is 12.8. The molecule has 0 bridgehead atoms. The van der Waals surface area contributed by atoms with Gasteiger partial charge in [0.25, 0.3) is 0 Å². The maximum Gasteiger partial charge on any atom is 0.417 e. The molecule has 4 nitrogen and oxygen atoms in total. The van der Waals surface area contributed by atoms with Crippen molar-refractivity contribution in [3.05, 3.63) is 53.5 Å². The van der Waals surface area contributed by atoms with E-state index in [2.05, 4.69) is 0 Å². The smallest absolute Gasteiger partial charge is 0.417 e. The van der Waals surface area contributed by atoms with E-state index >= 15 is 0 Å². The minimum absolute atomic E-state index is 0.0449. The van der Waals surface area contributed by atoms with Crippen LogP contribution in [0.3, 0.4) is 0 Å². The molecule has 1 heterocycles. The Bertz CT molecular complexity index is 603. The average Bonchev–Trinajstić information content (AvgIpc) is 2.88. The molecule has 0 amide bonds. The molecule has 0 aliphatic carbocycles. The standard InChI is InChI=1S/C13H9F3O4/c14-13(15,16)11-6-8(3-4-10(11)12(17)18)20-7-9-2-1-5-19-9/h1-6H,7H2,(H,17,18). The van der Waals surface area contributed by atoms with Crippen LogP contribution in [0.15, 0.2) is 41.0 Å². The number of alkyl halides is 3. The zero-order valence-corrected chi connectivity index (χ0v) is 9.98. The second-order valence-corrected chi connectivity index (χ2v) is 3.88. The number of ether oxygens (including phenoxy) is 1. The molecule has 0 fully saturated rings. The van der Waals surface area contributed by atoms with Crippen molar-refractivity contribution in [1.82, 2.24) is 0 Å². The van der Waals surface area contributed by atoms with Crippen molar-refractivity contribution >= 4 is 5.97 Å². The van der Waals surface area contributed by atoms with Crippen LogP contribution in [0.5, 0.6) is 5.75 Å². The number of carboxylic acid groups (broad SMARTS) is 1. The first-order valence-electron chi connectivity index (χ1n) is 5.47. The summed E-state index contributed by atoms with van der Waals surface area (Å²) in [4.78, 5) is 10.8. The Labute approximate surface area is 111 Å². The van der Waals surface area contributed by atoms with E-state index in [4.69, 9.17) is 14.3 Å². The Balaban J connectivity index is 2.25. The van der Waals surface area contributed by atoms with E-state index in [1.165, 1.54) is 12.3 Å². The van der Waals surface area contributed by atoms with Crippen LogP contribution in [-0.2, 0) is 12.8 Å². The fraction of sp³-hybridized carbons (Fsp3) is 0.154. The molecule has 0 saturated carbocycles. The predicted octanol–water partition coefficient (Wildman–Crippen LogP) is 3.58. The number of rotatable bonds is 4. The highest BCUT2D eigenvalue weighted by Crippen LogP contribution is 2.34. The normalized spacial score (nSPS) is 11.3. The largest absolute Gasteiger partial charge is 0.486 e. The third-order valence-corrected chi connectivity index (χ3v) is 2.49. The molecule has 0 radical (unpaired) electrons. The molecule has 0 saturated heterocycles. The van der Waals surface area contributed by atoms with Gasteiger partial charge in [-0.2, -0.15) is 13.2 Å². The quantitative estimate of drug-likeness (QED) is 0.933. The van der Waals surface area contributed by atoms with Gasteiger partial charge in [0, 0.05) is 0 Å². The van der Waals surface area contributed by atoms with E-state index in [0.29, 0.717) is 11.8 Å². The zero-order valence-electron chi connectivity index (χ0n) is 9.98. The Kier molecular flexibility index (Phi) is 3.69. The first-order valence-corrected chi connectivity index (χ1v) is 5.47. The molecular weight excluding hydrogens is 277 g/mol. The first kappa shape index (κ1) is 14.0. The summed E-state index contributed by atoms with van der Waals surface area (Å²) in [6, 6.07) is 5.92.